The molecule has 0 spiro atoms. The highest BCUT2D eigenvalue weighted by molar-refractivity contribution is 6.04. The van der Waals surface area contributed by atoms with Crippen LogP contribution in [0.2, 0.25) is 0 Å². The lowest BCUT2D eigenvalue weighted by atomic mass is 10.1. The molecule has 0 bridgehead atoms. The molecule has 0 aliphatic carbocycles. The summed E-state index contributed by atoms with van der Waals surface area (Å²) in [7, 11) is 3.91. The Morgan fingerprint density at radius 3 is 2.38 bits per heavy atom. The number of hydrogen-bond donors (Lipinski definition) is 2. The van der Waals surface area contributed by atoms with Gasteiger partial charge in [0.15, 0.2) is 0 Å². The predicted molar refractivity (Wildman–Crippen MR) is 131 cm³/mol. The first-order chi connectivity index (χ1) is 15.5. The fourth-order valence-corrected chi connectivity index (χ4v) is 3.79. The number of nitrogens with zero attached hydrogens (tertiary/aromatic N) is 4. The Labute approximate surface area is 189 Å². The third-order valence-corrected chi connectivity index (χ3v) is 5.54. The van der Waals surface area contributed by atoms with Crippen molar-refractivity contribution in [3.63, 3.8) is 0 Å². The van der Waals surface area contributed by atoms with Crippen molar-refractivity contribution in [2.75, 3.05) is 47.6 Å². The second-order valence-electron chi connectivity index (χ2n) is 8.34. The van der Waals surface area contributed by atoms with Gasteiger partial charge in [-0.05, 0) is 68.7 Å². The molecule has 1 saturated heterocycles. The molecule has 2 heterocycles. The van der Waals surface area contributed by atoms with Crippen molar-refractivity contribution in [1.29, 1.82) is 0 Å². The monoisotopic (exact) mass is 430 g/mol. The number of hydrogen-bond acceptors (Lipinski definition) is 6. The maximum absolute atomic E-state index is 12.6. The lowest BCUT2D eigenvalue weighted by molar-refractivity contribution is 0.102. The van der Waals surface area contributed by atoms with E-state index in [1.165, 1.54) is 19.3 Å². The Kier molecular flexibility index (Phi) is 6.54. The van der Waals surface area contributed by atoms with Crippen LogP contribution >= 0.6 is 0 Å². The third kappa shape index (κ3) is 5.35. The minimum absolute atomic E-state index is 0.136. The van der Waals surface area contributed by atoms with Crippen LogP contribution in [-0.2, 0) is 0 Å². The molecule has 0 atom stereocenters. The summed E-state index contributed by atoms with van der Waals surface area (Å²) in [6.07, 6.45) is 3.70. The summed E-state index contributed by atoms with van der Waals surface area (Å²) in [5, 5.41) is 6.24. The van der Waals surface area contributed by atoms with E-state index >= 15 is 0 Å². The van der Waals surface area contributed by atoms with Gasteiger partial charge in [0.05, 0.1) is 0 Å². The van der Waals surface area contributed by atoms with Gasteiger partial charge in [-0.25, -0.2) is 4.98 Å². The number of carbonyl (C=O) groups excluding carboxylic acids is 1. The normalized spacial score (nSPS) is 13.5. The van der Waals surface area contributed by atoms with E-state index in [2.05, 4.69) is 20.5 Å². The van der Waals surface area contributed by atoms with Crippen LogP contribution in [0.15, 0.2) is 54.6 Å². The molecule has 2 aromatic carbocycles. The van der Waals surface area contributed by atoms with E-state index in [1.807, 2.05) is 80.5 Å². The maximum Gasteiger partial charge on any atom is 0.255 e. The zero-order chi connectivity index (χ0) is 22.5. The molecule has 1 aromatic heterocycles. The van der Waals surface area contributed by atoms with Crippen molar-refractivity contribution >= 4 is 34.7 Å². The number of rotatable bonds is 6. The summed E-state index contributed by atoms with van der Waals surface area (Å²) in [6.45, 7) is 4.08. The third-order valence-electron chi connectivity index (χ3n) is 5.54. The molecule has 7 nitrogen and oxygen atoms in total. The van der Waals surface area contributed by atoms with Crippen LogP contribution < -0.4 is 20.4 Å². The number of aromatic nitrogens is 2. The zero-order valence-electron chi connectivity index (χ0n) is 18.9. The Bertz CT molecular complexity index is 1070. The van der Waals surface area contributed by atoms with Crippen molar-refractivity contribution in [1.82, 2.24) is 9.97 Å². The van der Waals surface area contributed by atoms with Gasteiger partial charge in [-0.2, -0.15) is 4.98 Å². The molecular weight excluding hydrogens is 400 g/mol. The van der Waals surface area contributed by atoms with Gasteiger partial charge in [0.2, 0.25) is 5.95 Å². The van der Waals surface area contributed by atoms with Crippen molar-refractivity contribution in [2.45, 2.75) is 26.2 Å². The molecule has 1 aliphatic heterocycles. The van der Waals surface area contributed by atoms with E-state index in [1.54, 1.807) is 0 Å². The Hall–Kier alpha value is -3.61. The van der Waals surface area contributed by atoms with Crippen LogP contribution in [-0.4, -0.2) is 43.1 Å². The van der Waals surface area contributed by atoms with Gasteiger partial charge in [0, 0.05) is 61.6 Å². The van der Waals surface area contributed by atoms with Crippen molar-refractivity contribution in [2.24, 2.45) is 0 Å². The Morgan fingerprint density at radius 2 is 1.66 bits per heavy atom. The summed E-state index contributed by atoms with van der Waals surface area (Å²) in [5.74, 6) is 1.42. The lowest BCUT2D eigenvalue weighted by Gasteiger charge is -2.28. The first kappa shape index (κ1) is 21.6. The van der Waals surface area contributed by atoms with Gasteiger partial charge >= 0.3 is 0 Å². The topological polar surface area (TPSA) is 73.4 Å². The average molecular weight is 431 g/mol. The number of carbonyl (C=O) groups is 1. The van der Waals surface area contributed by atoms with Gasteiger partial charge in [-0.15, -0.1) is 0 Å². The summed E-state index contributed by atoms with van der Waals surface area (Å²) in [4.78, 5) is 26.2. The van der Waals surface area contributed by atoms with Crippen LogP contribution in [0.3, 0.4) is 0 Å². The SMILES string of the molecule is Cc1cc(N2CCCCC2)nc(Nc2ccc(NC(=O)c3cccc(N(C)C)c3)cc2)n1. The number of amides is 1. The molecule has 166 valence electrons. The molecule has 0 radical (unpaired) electrons. The van der Waals surface area contributed by atoms with E-state index in [0.717, 1.165) is 41.7 Å². The molecule has 0 saturated carbocycles. The Balaban J connectivity index is 1.42. The molecule has 1 aliphatic rings. The fraction of sp³-hybridized carbons (Fsp3) is 0.320. The molecule has 1 fully saturated rings. The van der Waals surface area contributed by atoms with Gasteiger partial charge < -0.3 is 20.4 Å². The van der Waals surface area contributed by atoms with Crippen LogP contribution in [0.5, 0.6) is 0 Å². The first-order valence-electron chi connectivity index (χ1n) is 11.0. The second-order valence-corrected chi connectivity index (χ2v) is 8.34. The summed E-state index contributed by atoms with van der Waals surface area (Å²) in [6, 6.07) is 17.2. The van der Waals surface area contributed by atoms with Crippen LogP contribution in [0.25, 0.3) is 0 Å². The van der Waals surface area contributed by atoms with Gasteiger partial charge in [-0.3, -0.25) is 4.79 Å². The number of piperidine rings is 1. The minimum atomic E-state index is -0.136. The Morgan fingerprint density at radius 1 is 0.938 bits per heavy atom. The molecule has 2 N–H and O–H groups in total. The molecule has 0 unspecified atom stereocenters. The van der Waals surface area contributed by atoms with E-state index in [-0.39, 0.29) is 5.91 Å². The van der Waals surface area contributed by atoms with E-state index in [9.17, 15) is 4.79 Å². The van der Waals surface area contributed by atoms with Crippen molar-refractivity contribution < 1.29 is 4.79 Å². The standard InChI is InChI=1S/C25H30N6O/c1-18-16-23(31-14-5-4-6-15-31)29-25(26-18)28-21-12-10-20(11-13-21)27-24(32)19-8-7-9-22(17-19)30(2)3/h7-13,16-17H,4-6,14-15H2,1-3H3,(H,27,32)(H,26,28,29). The smallest absolute Gasteiger partial charge is 0.255 e. The highest BCUT2D eigenvalue weighted by Gasteiger charge is 2.14. The average Bonchev–Trinajstić information content (AvgIpc) is 2.80. The van der Waals surface area contributed by atoms with E-state index in [0.29, 0.717) is 11.5 Å². The van der Waals surface area contributed by atoms with Crippen molar-refractivity contribution in [3.05, 3.63) is 65.9 Å². The number of aryl methyl sites for hydroxylation is 1. The molecule has 4 rings (SSSR count). The minimum Gasteiger partial charge on any atom is -0.378 e. The maximum atomic E-state index is 12.6. The van der Waals surface area contributed by atoms with Gasteiger partial charge in [0.1, 0.15) is 5.82 Å². The van der Waals surface area contributed by atoms with Crippen LogP contribution in [0, 0.1) is 6.92 Å². The fourth-order valence-electron chi connectivity index (χ4n) is 3.79. The summed E-state index contributed by atoms with van der Waals surface area (Å²) in [5.41, 5.74) is 4.14. The predicted octanol–water partition coefficient (Wildman–Crippen LogP) is 4.84. The second kappa shape index (κ2) is 9.68. The highest BCUT2D eigenvalue weighted by Crippen LogP contribution is 2.23. The van der Waals surface area contributed by atoms with Crippen molar-refractivity contribution in [3.8, 4) is 0 Å². The van der Waals surface area contributed by atoms with Gasteiger partial charge in [0.25, 0.3) is 5.91 Å². The summed E-state index contributed by atoms with van der Waals surface area (Å²) >= 11 is 0. The van der Waals surface area contributed by atoms with Crippen LogP contribution in [0.4, 0.5) is 28.8 Å². The largest absolute Gasteiger partial charge is 0.378 e. The van der Waals surface area contributed by atoms with E-state index < -0.39 is 0 Å². The quantitative estimate of drug-likeness (QED) is 0.583. The molecule has 1 amide bonds. The molecule has 3 aromatic rings. The molecule has 7 heteroatoms. The van der Waals surface area contributed by atoms with Crippen LogP contribution in [0.1, 0.15) is 35.3 Å². The first-order valence-corrected chi connectivity index (χ1v) is 11.0. The number of benzene rings is 2. The number of anilines is 5. The van der Waals surface area contributed by atoms with Gasteiger partial charge in [-0.1, -0.05) is 6.07 Å². The lowest BCUT2D eigenvalue weighted by Crippen LogP contribution is -2.30. The molecular formula is C25H30N6O. The molecule has 32 heavy (non-hydrogen) atoms. The summed E-state index contributed by atoms with van der Waals surface area (Å²) < 4.78 is 0. The number of nitrogens with one attached hydrogen (secondary N) is 2. The highest BCUT2D eigenvalue weighted by atomic mass is 16.1. The van der Waals surface area contributed by atoms with E-state index in [4.69, 9.17) is 4.98 Å². The zero-order valence-corrected chi connectivity index (χ0v) is 18.9.